The first kappa shape index (κ1) is 18.6. The molecular weight excluding hydrogens is 324 g/mol. The third-order valence-electron chi connectivity index (χ3n) is 5.11. The van der Waals surface area contributed by atoms with Crippen molar-refractivity contribution in [2.24, 2.45) is 0 Å². The fraction of sp³-hybridized carbons (Fsp3) is 0.524. The zero-order valence-corrected chi connectivity index (χ0v) is 16.7. The van der Waals surface area contributed by atoms with E-state index in [1.807, 2.05) is 30.3 Å². The lowest BCUT2D eigenvalue weighted by Crippen LogP contribution is -2.62. The van der Waals surface area contributed by atoms with Crippen LogP contribution in [0.1, 0.15) is 40.5 Å². The summed E-state index contributed by atoms with van der Waals surface area (Å²) in [6, 6.07) is 12.4. The molecule has 1 aromatic carbocycles. The number of benzene rings is 1. The van der Waals surface area contributed by atoms with Crippen molar-refractivity contribution in [1.29, 1.82) is 0 Å². The molecule has 1 aromatic heterocycles. The van der Waals surface area contributed by atoms with Gasteiger partial charge in [-0.1, -0.05) is 12.1 Å². The molecule has 2 heterocycles. The molecule has 0 amide bonds. The zero-order chi connectivity index (χ0) is 18.9. The van der Waals surface area contributed by atoms with Gasteiger partial charge in [-0.3, -0.25) is 0 Å². The number of rotatable bonds is 4. The molecule has 5 heteroatoms. The average Bonchev–Trinajstić information content (AvgIpc) is 2.58. The van der Waals surface area contributed by atoms with Crippen molar-refractivity contribution in [2.45, 2.75) is 57.7 Å². The lowest BCUT2D eigenvalue weighted by Gasteiger charge is -2.49. The van der Waals surface area contributed by atoms with Gasteiger partial charge in [0, 0.05) is 29.7 Å². The van der Waals surface area contributed by atoms with Crippen molar-refractivity contribution >= 4 is 5.82 Å². The fourth-order valence-corrected chi connectivity index (χ4v) is 4.24. The molecular formula is C21H30N4O. The van der Waals surface area contributed by atoms with E-state index in [4.69, 9.17) is 4.74 Å². The molecule has 26 heavy (non-hydrogen) atoms. The van der Waals surface area contributed by atoms with Crippen LogP contribution in [0.2, 0.25) is 0 Å². The van der Waals surface area contributed by atoms with Crippen LogP contribution >= 0.6 is 0 Å². The Balaban J connectivity index is 1.82. The molecule has 3 rings (SSSR count). The number of hydrogen-bond acceptors (Lipinski definition) is 5. The van der Waals surface area contributed by atoms with Crippen LogP contribution in [0.5, 0.6) is 5.75 Å². The van der Waals surface area contributed by atoms with Gasteiger partial charge < -0.3 is 15.0 Å². The fourth-order valence-electron chi connectivity index (χ4n) is 4.24. The van der Waals surface area contributed by atoms with Gasteiger partial charge in [-0.15, -0.1) is 10.2 Å². The highest BCUT2D eigenvalue weighted by Crippen LogP contribution is 2.33. The van der Waals surface area contributed by atoms with Crippen LogP contribution in [0.15, 0.2) is 36.4 Å². The van der Waals surface area contributed by atoms with Crippen molar-refractivity contribution < 1.29 is 4.74 Å². The number of para-hydroxylation sites is 1. The number of piperidine rings is 1. The molecule has 0 saturated carbocycles. The maximum Gasteiger partial charge on any atom is 0.151 e. The Hall–Kier alpha value is -2.14. The lowest BCUT2D eigenvalue weighted by molar-refractivity contribution is 0.160. The van der Waals surface area contributed by atoms with Crippen LogP contribution in [-0.4, -0.2) is 41.5 Å². The van der Waals surface area contributed by atoms with E-state index >= 15 is 0 Å². The van der Waals surface area contributed by atoms with Crippen molar-refractivity contribution in [3.63, 3.8) is 0 Å². The maximum absolute atomic E-state index is 5.43. The summed E-state index contributed by atoms with van der Waals surface area (Å²) in [6.07, 6.45) is 2.14. The Bertz CT molecular complexity index is 739. The van der Waals surface area contributed by atoms with Crippen molar-refractivity contribution in [1.82, 2.24) is 15.5 Å². The van der Waals surface area contributed by atoms with E-state index < -0.39 is 0 Å². The summed E-state index contributed by atoms with van der Waals surface area (Å²) in [4.78, 5) is 2.27. The summed E-state index contributed by atoms with van der Waals surface area (Å²) in [5.41, 5.74) is 1.99. The number of hydrogen-bond donors (Lipinski definition) is 1. The second-order valence-corrected chi connectivity index (χ2v) is 8.54. The molecule has 1 aliphatic heterocycles. The van der Waals surface area contributed by atoms with E-state index in [-0.39, 0.29) is 11.1 Å². The second kappa shape index (κ2) is 6.88. The third kappa shape index (κ3) is 3.98. The number of aromatic nitrogens is 2. The molecule has 0 aliphatic carbocycles. The summed E-state index contributed by atoms with van der Waals surface area (Å²) in [5.74, 6) is 1.71. The standard InChI is InChI=1S/C21H30N4O/c1-20(2)13-15(14-21(3,4)24-20)25(5)19-12-11-17(22-23-19)16-9-7-8-10-18(16)26-6/h7-12,15,24H,13-14H2,1-6H3. The van der Waals surface area contributed by atoms with Gasteiger partial charge in [0.15, 0.2) is 5.82 Å². The van der Waals surface area contributed by atoms with E-state index in [1.165, 1.54) is 0 Å². The van der Waals surface area contributed by atoms with Crippen molar-refractivity contribution in [3.8, 4) is 17.0 Å². The van der Waals surface area contributed by atoms with Crippen LogP contribution in [-0.2, 0) is 0 Å². The number of nitrogens with one attached hydrogen (secondary N) is 1. The van der Waals surface area contributed by atoms with Crippen molar-refractivity contribution in [3.05, 3.63) is 36.4 Å². The summed E-state index contributed by atoms with van der Waals surface area (Å²) >= 11 is 0. The Morgan fingerprint density at radius 1 is 1.00 bits per heavy atom. The van der Waals surface area contributed by atoms with Crippen LogP contribution in [0.4, 0.5) is 5.82 Å². The van der Waals surface area contributed by atoms with E-state index in [1.54, 1.807) is 7.11 Å². The quantitative estimate of drug-likeness (QED) is 0.902. The van der Waals surface area contributed by atoms with E-state index in [0.717, 1.165) is 35.7 Å². The molecule has 1 fully saturated rings. The molecule has 1 saturated heterocycles. The number of nitrogens with zero attached hydrogens (tertiary/aromatic N) is 3. The third-order valence-corrected chi connectivity index (χ3v) is 5.11. The summed E-state index contributed by atoms with van der Waals surface area (Å²) in [5, 5.41) is 12.7. The van der Waals surface area contributed by atoms with Gasteiger partial charge in [0.2, 0.25) is 0 Å². The predicted octanol–water partition coefficient (Wildman–Crippen LogP) is 3.90. The molecule has 0 atom stereocenters. The molecule has 0 spiro atoms. The molecule has 1 aliphatic rings. The van der Waals surface area contributed by atoms with Gasteiger partial charge in [0.05, 0.1) is 12.8 Å². The first-order valence-electron chi connectivity index (χ1n) is 9.20. The largest absolute Gasteiger partial charge is 0.496 e. The Kier molecular flexibility index (Phi) is 4.93. The summed E-state index contributed by atoms with van der Waals surface area (Å²) < 4.78 is 5.43. The zero-order valence-electron chi connectivity index (χ0n) is 16.7. The van der Waals surface area contributed by atoms with Gasteiger partial charge in [0.1, 0.15) is 5.75 Å². The summed E-state index contributed by atoms with van der Waals surface area (Å²) in [6.45, 7) is 9.08. The normalized spacial score (nSPS) is 19.2. The van der Waals surface area contributed by atoms with Gasteiger partial charge >= 0.3 is 0 Å². The molecule has 2 aromatic rings. The van der Waals surface area contributed by atoms with Crippen LogP contribution in [0, 0.1) is 0 Å². The predicted molar refractivity (Wildman–Crippen MR) is 107 cm³/mol. The first-order valence-corrected chi connectivity index (χ1v) is 9.20. The molecule has 0 bridgehead atoms. The Labute approximate surface area is 156 Å². The van der Waals surface area contributed by atoms with E-state index in [0.29, 0.717) is 6.04 Å². The van der Waals surface area contributed by atoms with E-state index in [2.05, 4.69) is 61.2 Å². The average molecular weight is 354 g/mol. The minimum Gasteiger partial charge on any atom is -0.496 e. The summed E-state index contributed by atoms with van der Waals surface area (Å²) in [7, 11) is 3.80. The lowest BCUT2D eigenvalue weighted by atomic mass is 9.79. The SMILES string of the molecule is COc1ccccc1-c1ccc(N(C)C2CC(C)(C)NC(C)(C)C2)nn1. The Morgan fingerprint density at radius 2 is 1.65 bits per heavy atom. The minimum absolute atomic E-state index is 0.103. The highest BCUT2D eigenvalue weighted by molar-refractivity contribution is 5.67. The molecule has 140 valence electrons. The van der Waals surface area contributed by atoms with Crippen molar-refractivity contribution in [2.75, 3.05) is 19.1 Å². The maximum atomic E-state index is 5.43. The van der Waals surface area contributed by atoms with Gasteiger partial charge in [0.25, 0.3) is 0 Å². The monoisotopic (exact) mass is 354 g/mol. The highest BCUT2D eigenvalue weighted by atomic mass is 16.5. The van der Waals surface area contributed by atoms with Gasteiger partial charge in [-0.05, 0) is 64.8 Å². The minimum atomic E-state index is 0.103. The van der Waals surface area contributed by atoms with Crippen LogP contribution in [0.3, 0.4) is 0 Å². The second-order valence-electron chi connectivity index (χ2n) is 8.54. The Morgan fingerprint density at radius 3 is 2.23 bits per heavy atom. The first-order chi connectivity index (χ1) is 12.2. The van der Waals surface area contributed by atoms with Crippen LogP contribution in [0.25, 0.3) is 11.3 Å². The number of methoxy groups -OCH3 is 1. The number of anilines is 1. The highest BCUT2D eigenvalue weighted by Gasteiger charge is 2.39. The van der Waals surface area contributed by atoms with E-state index in [9.17, 15) is 0 Å². The van der Waals surface area contributed by atoms with Crippen LogP contribution < -0.4 is 15.0 Å². The molecule has 0 radical (unpaired) electrons. The number of ether oxygens (including phenoxy) is 1. The van der Waals surface area contributed by atoms with Gasteiger partial charge in [-0.2, -0.15) is 0 Å². The molecule has 5 nitrogen and oxygen atoms in total. The molecule has 1 N–H and O–H groups in total. The van der Waals surface area contributed by atoms with Gasteiger partial charge in [-0.25, -0.2) is 0 Å². The topological polar surface area (TPSA) is 50.3 Å². The smallest absolute Gasteiger partial charge is 0.151 e. The molecule has 0 unspecified atom stereocenters.